The van der Waals surface area contributed by atoms with Gasteiger partial charge in [-0.2, -0.15) is 0 Å². The highest BCUT2D eigenvalue weighted by molar-refractivity contribution is 5.98. The lowest BCUT2D eigenvalue weighted by Crippen LogP contribution is -2.58. The van der Waals surface area contributed by atoms with E-state index < -0.39 is 11.7 Å². The first-order valence-corrected chi connectivity index (χ1v) is 13.9. The summed E-state index contributed by atoms with van der Waals surface area (Å²) in [6.07, 6.45) is 1.77. The molecule has 2 amide bonds. The van der Waals surface area contributed by atoms with E-state index in [1.807, 2.05) is 90.9 Å². The van der Waals surface area contributed by atoms with Crippen LogP contribution >= 0.6 is 0 Å². The van der Waals surface area contributed by atoms with Gasteiger partial charge in [-0.1, -0.05) is 60.7 Å². The largest absolute Gasteiger partial charge is 0.444 e. The number of hydrogen-bond donors (Lipinski definition) is 1. The molecule has 3 aromatic rings. The maximum Gasteiger partial charge on any atom is 0.410 e. The number of carbonyl (C=O) groups is 2. The molecule has 1 N–H and O–H groups in total. The molecule has 0 aliphatic carbocycles. The van der Waals surface area contributed by atoms with Gasteiger partial charge >= 0.3 is 6.09 Å². The Morgan fingerprint density at radius 3 is 2.42 bits per heavy atom. The van der Waals surface area contributed by atoms with E-state index in [0.717, 1.165) is 11.1 Å². The molecule has 3 atom stereocenters. The van der Waals surface area contributed by atoms with E-state index in [-0.39, 0.29) is 24.1 Å². The van der Waals surface area contributed by atoms with Gasteiger partial charge in [0.25, 0.3) is 5.91 Å². The Hall–Kier alpha value is -3.69. The number of benzene rings is 2. The summed E-state index contributed by atoms with van der Waals surface area (Å²) in [5.74, 6) is -0.200. The van der Waals surface area contributed by atoms with Crippen LogP contribution in [0, 0.1) is 0 Å². The minimum Gasteiger partial charge on any atom is -0.444 e. The number of hydrogen-bond acceptors (Lipinski definition) is 6. The second-order valence-corrected chi connectivity index (χ2v) is 11.5. The van der Waals surface area contributed by atoms with Gasteiger partial charge in [0.2, 0.25) is 0 Å². The average Bonchev–Trinajstić information content (AvgIpc) is 3.38. The minimum absolute atomic E-state index is 0.200. The molecule has 9 nitrogen and oxygen atoms in total. The van der Waals surface area contributed by atoms with Gasteiger partial charge in [-0.25, -0.2) is 9.78 Å². The lowest BCUT2D eigenvalue weighted by atomic mass is 10.0. The molecule has 0 spiro atoms. The summed E-state index contributed by atoms with van der Waals surface area (Å²) < 4.78 is 13.2. The highest BCUT2D eigenvalue weighted by Gasteiger charge is 2.38. The number of rotatable bonds is 5. The van der Waals surface area contributed by atoms with Crippen LogP contribution < -0.4 is 0 Å². The van der Waals surface area contributed by atoms with Gasteiger partial charge in [0.15, 0.2) is 5.69 Å². The Kier molecular flexibility index (Phi) is 8.23. The molecule has 5 rings (SSSR count). The lowest BCUT2D eigenvalue weighted by Gasteiger charge is -2.41. The monoisotopic (exact) mass is 546 g/mol. The summed E-state index contributed by atoms with van der Waals surface area (Å²) in [5.41, 5.74) is 2.30. The Balaban J connectivity index is 1.48. The molecule has 9 heteroatoms. The molecule has 2 aliphatic heterocycles. The predicted octanol–water partition coefficient (Wildman–Crippen LogP) is 4.18. The molecule has 0 saturated carbocycles. The number of ether oxygens (including phenoxy) is 2. The predicted molar refractivity (Wildman–Crippen MR) is 151 cm³/mol. The summed E-state index contributed by atoms with van der Waals surface area (Å²) in [6.45, 7) is 7.46. The molecule has 3 heterocycles. The lowest BCUT2D eigenvalue weighted by molar-refractivity contribution is -0.0286. The second kappa shape index (κ2) is 11.8. The zero-order chi connectivity index (χ0) is 28.3. The third-order valence-corrected chi connectivity index (χ3v) is 7.40. The molecular weight excluding hydrogens is 508 g/mol. The van der Waals surface area contributed by atoms with Crippen molar-refractivity contribution >= 4 is 12.0 Å². The summed E-state index contributed by atoms with van der Waals surface area (Å²) in [5, 5.41) is 10.8. The first-order chi connectivity index (χ1) is 19.2. The van der Waals surface area contributed by atoms with Crippen molar-refractivity contribution in [2.24, 2.45) is 0 Å². The number of amides is 2. The number of carbonyl (C=O) groups excluding carboxylic acids is 2. The van der Waals surface area contributed by atoms with Crippen molar-refractivity contribution in [3.63, 3.8) is 0 Å². The summed E-state index contributed by atoms with van der Waals surface area (Å²) >= 11 is 0. The van der Waals surface area contributed by atoms with Gasteiger partial charge in [0.1, 0.15) is 5.60 Å². The third-order valence-electron chi connectivity index (χ3n) is 7.40. The van der Waals surface area contributed by atoms with Crippen LogP contribution in [0.1, 0.15) is 49.3 Å². The number of aliphatic hydroxyl groups is 1. The highest BCUT2D eigenvalue weighted by Crippen LogP contribution is 2.32. The fraction of sp³-hybridized carbons (Fsp3) is 0.452. The van der Waals surface area contributed by atoms with E-state index in [1.165, 1.54) is 0 Å². The van der Waals surface area contributed by atoms with Crippen LogP contribution in [0.2, 0.25) is 0 Å². The molecule has 2 aliphatic rings. The number of aromatic nitrogens is 2. The first-order valence-electron chi connectivity index (χ1n) is 13.9. The van der Waals surface area contributed by atoms with Crippen molar-refractivity contribution in [2.45, 2.75) is 57.4 Å². The van der Waals surface area contributed by atoms with Crippen LogP contribution in [-0.2, 0) is 15.9 Å². The molecule has 0 bridgehead atoms. The normalized spacial score (nSPS) is 21.8. The van der Waals surface area contributed by atoms with Gasteiger partial charge in [-0.05, 0) is 39.2 Å². The van der Waals surface area contributed by atoms with E-state index in [4.69, 9.17) is 9.47 Å². The fourth-order valence-corrected chi connectivity index (χ4v) is 5.44. The Morgan fingerprint density at radius 1 is 1.05 bits per heavy atom. The quantitative estimate of drug-likeness (QED) is 0.516. The molecule has 1 aromatic heterocycles. The van der Waals surface area contributed by atoms with Crippen molar-refractivity contribution in [2.75, 3.05) is 32.8 Å². The molecule has 1 unspecified atom stereocenters. The van der Waals surface area contributed by atoms with E-state index in [0.29, 0.717) is 57.1 Å². The van der Waals surface area contributed by atoms with Crippen molar-refractivity contribution in [3.8, 4) is 11.3 Å². The van der Waals surface area contributed by atoms with E-state index in [1.54, 1.807) is 11.2 Å². The zero-order valence-corrected chi connectivity index (χ0v) is 23.4. The van der Waals surface area contributed by atoms with E-state index in [9.17, 15) is 14.7 Å². The van der Waals surface area contributed by atoms with Crippen molar-refractivity contribution in [3.05, 3.63) is 78.2 Å². The van der Waals surface area contributed by atoms with Crippen LogP contribution in [0.4, 0.5) is 4.79 Å². The van der Waals surface area contributed by atoms with Gasteiger partial charge in [0.05, 0.1) is 36.8 Å². The topological polar surface area (TPSA) is 97.1 Å². The van der Waals surface area contributed by atoms with Crippen LogP contribution in [-0.4, -0.2) is 87.1 Å². The molecule has 2 fully saturated rings. The van der Waals surface area contributed by atoms with Gasteiger partial charge in [-0.15, -0.1) is 0 Å². The van der Waals surface area contributed by atoms with Crippen molar-refractivity contribution in [1.82, 2.24) is 19.4 Å². The molecule has 0 radical (unpaired) electrons. The van der Waals surface area contributed by atoms with Crippen LogP contribution in [0.3, 0.4) is 0 Å². The van der Waals surface area contributed by atoms with Gasteiger partial charge < -0.3 is 28.9 Å². The smallest absolute Gasteiger partial charge is 0.410 e. The maximum absolute atomic E-state index is 14.3. The van der Waals surface area contributed by atoms with Crippen LogP contribution in [0.5, 0.6) is 0 Å². The van der Waals surface area contributed by atoms with Crippen LogP contribution in [0.25, 0.3) is 11.3 Å². The van der Waals surface area contributed by atoms with Crippen LogP contribution in [0.15, 0.2) is 67.0 Å². The third kappa shape index (κ3) is 6.21. The van der Waals surface area contributed by atoms with Crippen molar-refractivity contribution in [1.29, 1.82) is 0 Å². The zero-order valence-electron chi connectivity index (χ0n) is 23.4. The number of piperazine rings is 1. The van der Waals surface area contributed by atoms with E-state index in [2.05, 4.69) is 4.98 Å². The molecule has 40 heavy (non-hydrogen) atoms. The number of aliphatic hydroxyl groups excluding tert-OH is 1. The molecule has 2 saturated heterocycles. The van der Waals surface area contributed by atoms with Gasteiger partial charge in [0, 0.05) is 31.8 Å². The Bertz CT molecular complexity index is 1300. The Morgan fingerprint density at radius 2 is 1.75 bits per heavy atom. The average molecular weight is 547 g/mol. The van der Waals surface area contributed by atoms with E-state index >= 15 is 0 Å². The highest BCUT2D eigenvalue weighted by atomic mass is 16.6. The Labute approximate surface area is 235 Å². The first kappa shape index (κ1) is 27.9. The summed E-state index contributed by atoms with van der Waals surface area (Å²) in [7, 11) is 0. The minimum atomic E-state index is -0.607. The standard InChI is InChI=1S/C31H38N4O5/c1-31(2,3)40-30(38)33-15-16-34(24(19-33)18-22-10-6-4-7-11-22)29(37)27-28(23-12-8-5-9-13-23)35(21-32-27)25-20-39-17-14-26(25)36/h4-13,21,24-26,36H,14-20H2,1-3H3/t24-,25?,26+/m1/s1. The maximum atomic E-state index is 14.3. The van der Waals surface area contributed by atoms with Gasteiger partial charge in [-0.3, -0.25) is 4.79 Å². The molecular formula is C31H38N4O5. The second-order valence-electron chi connectivity index (χ2n) is 11.5. The summed E-state index contributed by atoms with van der Waals surface area (Å²) in [4.78, 5) is 35.4. The number of imidazole rings is 1. The van der Waals surface area contributed by atoms with Crippen molar-refractivity contribution < 1.29 is 24.2 Å². The number of nitrogens with zero attached hydrogens (tertiary/aromatic N) is 4. The SMILES string of the molecule is CC(C)(C)OC(=O)N1CCN(C(=O)c2ncn(C3COCC[C@@H]3O)c2-c2ccccc2)[C@H](Cc2ccccc2)C1. The molecule has 212 valence electrons. The summed E-state index contributed by atoms with van der Waals surface area (Å²) in [6, 6.07) is 19.0. The fourth-order valence-electron chi connectivity index (χ4n) is 5.44. The molecule has 2 aromatic carbocycles.